The van der Waals surface area contributed by atoms with E-state index in [0.717, 1.165) is 17.8 Å². The highest BCUT2D eigenvalue weighted by Crippen LogP contribution is 2.28. The fraction of sp³-hybridized carbons (Fsp3) is 0.474. The Balaban J connectivity index is 1.71. The van der Waals surface area contributed by atoms with Crippen LogP contribution in [0.15, 0.2) is 36.7 Å². The number of hydrogen-bond donors (Lipinski definition) is 1. The topological polar surface area (TPSA) is 46.9 Å². The molecular weight excluding hydrogens is 305 g/mol. The van der Waals surface area contributed by atoms with E-state index >= 15 is 0 Å². The molecule has 3 rings (SSSR count). The normalized spacial score (nSPS) is 16.2. The third kappa shape index (κ3) is 4.02. The third-order valence-electron chi connectivity index (χ3n) is 4.88. The monoisotopic (exact) mass is 329 g/mol. The Morgan fingerprint density at radius 3 is 2.67 bits per heavy atom. The van der Waals surface area contributed by atoms with E-state index < -0.39 is 0 Å². The molecule has 0 radical (unpaired) electrons. The maximum absolute atomic E-state index is 13.2. The molecule has 1 aromatic carbocycles. The maximum atomic E-state index is 13.2. The minimum absolute atomic E-state index is 0.0271. The van der Waals surface area contributed by atoms with Crippen LogP contribution in [0.3, 0.4) is 0 Å². The largest absolute Gasteiger partial charge is 0.342 e. The van der Waals surface area contributed by atoms with Crippen molar-refractivity contribution in [2.24, 2.45) is 13.0 Å². The summed E-state index contributed by atoms with van der Waals surface area (Å²) < 4.78 is 15.1. The van der Waals surface area contributed by atoms with Gasteiger partial charge in [-0.2, -0.15) is 0 Å². The number of aromatic nitrogens is 2. The molecule has 1 atom stereocenters. The standard InChI is InChI=1S/C19H24FN3O/c1-23-13-12-21-19(23)18(15-7-9-16(20)10-8-15)22-17(24)11-6-14-4-2-3-5-14/h7-10,12-14,18H,2-6,11H2,1H3,(H,22,24)/t18-/m0/s1. The zero-order chi connectivity index (χ0) is 16.9. The van der Waals surface area contributed by atoms with Gasteiger partial charge in [0, 0.05) is 25.9 Å². The second kappa shape index (κ2) is 7.60. The van der Waals surface area contributed by atoms with Crippen LogP contribution in [-0.2, 0) is 11.8 Å². The first kappa shape index (κ1) is 16.7. The molecule has 0 unspecified atom stereocenters. The zero-order valence-corrected chi connectivity index (χ0v) is 14.0. The van der Waals surface area contributed by atoms with Gasteiger partial charge in [0.25, 0.3) is 0 Å². The van der Waals surface area contributed by atoms with Crippen LogP contribution >= 0.6 is 0 Å². The van der Waals surface area contributed by atoms with Crippen molar-refractivity contribution in [2.75, 3.05) is 0 Å². The summed E-state index contributed by atoms with van der Waals surface area (Å²) in [5.41, 5.74) is 0.833. The van der Waals surface area contributed by atoms with E-state index in [0.29, 0.717) is 12.3 Å². The van der Waals surface area contributed by atoms with E-state index in [1.54, 1.807) is 18.3 Å². The number of benzene rings is 1. The number of rotatable bonds is 6. The van der Waals surface area contributed by atoms with Crippen LogP contribution in [-0.4, -0.2) is 15.5 Å². The Hall–Kier alpha value is -2.17. The molecule has 1 fully saturated rings. The van der Waals surface area contributed by atoms with Crippen molar-refractivity contribution in [1.29, 1.82) is 0 Å². The number of nitrogens with one attached hydrogen (secondary N) is 1. The van der Waals surface area contributed by atoms with E-state index in [-0.39, 0.29) is 17.8 Å². The van der Waals surface area contributed by atoms with Crippen LogP contribution in [0, 0.1) is 11.7 Å². The number of imidazole rings is 1. The Kier molecular flexibility index (Phi) is 5.28. The van der Waals surface area contributed by atoms with Crippen LogP contribution in [0.1, 0.15) is 56.0 Å². The van der Waals surface area contributed by atoms with E-state index in [4.69, 9.17) is 0 Å². The molecular formula is C19H24FN3O. The Morgan fingerprint density at radius 1 is 1.33 bits per heavy atom. The SMILES string of the molecule is Cn1ccnc1[C@@H](NC(=O)CCC1CCCC1)c1ccc(F)cc1. The number of halogens is 1. The van der Waals surface area contributed by atoms with Crippen molar-refractivity contribution >= 4 is 5.91 Å². The lowest BCUT2D eigenvalue weighted by Gasteiger charge is -2.20. The summed E-state index contributed by atoms with van der Waals surface area (Å²) in [6.45, 7) is 0. The molecule has 0 spiro atoms. The summed E-state index contributed by atoms with van der Waals surface area (Å²) in [6.07, 6.45) is 10.1. The lowest BCUT2D eigenvalue weighted by Crippen LogP contribution is -2.31. The summed E-state index contributed by atoms with van der Waals surface area (Å²) in [4.78, 5) is 16.8. The van der Waals surface area contributed by atoms with Crippen molar-refractivity contribution in [3.63, 3.8) is 0 Å². The minimum Gasteiger partial charge on any atom is -0.342 e. The molecule has 128 valence electrons. The van der Waals surface area contributed by atoms with Crippen molar-refractivity contribution in [3.8, 4) is 0 Å². The van der Waals surface area contributed by atoms with Crippen molar-refractivity contribution in [2.45, 2.75) is 44.6 Å². The third-order valence-corrected chi connectivity index (χ3v) is 4.88. The fourth-order valence-corrected chi connectivity index (χ4v) is 3.47. The molecule has 1 aliphatic carbocycles. The van der Waals surface area contributed by atoms with Gasteiger partial charge < -0.3 is 9.88 Å². The molecule has 0 aliphatic heterocycles. The first-order valence-corrected chi connectivity index (χ1v) is 8.65. The summed E-state index contributed by atoms with van der Waals surface area (Å²) in [6, 6.07) is 5.87. The molecule has 1 aliphatic rings. The molecule has 1 N–H and O–H groups in total. The highest BCUT2D eigenvalue weighted by Gasteiger charge is 2.22. The molecule has 5 heteroatoms. The number of nitrogens with zero attached hydrogens (tertiary/aromatic N) is 2. The van der Waals surface area contributed by atoms with E-state index in [1.807, 2.05) is 17.8 Å². The number of aryl methyl sites for hydroxylation is 1. The van der Waals surface area contributed by atoms with Gasteiger partial charge in [0.05, 0.1) is 0 Å². The molecule has 1 saturated carbocycles. The molecule has 24 heavy (non-hydrogen) atoms. The molecule has 0 saturated heterocycles. The van der Waals surface area contributed by atoms with Crippen LogP contribution in [0.4, 0.5) is 4.39 Å². The molecule has 1 aromatic heterocycles. The number of carbonyl (C=O) groups excluding carboxylic acids is 1. The van der Waals surface area contributed by atoms with E-state index in [1.165, 1.54) is 37.8 Å². The van der Waals surface area contributed by atoms with Crippen LogP contribution < -0.4 is 5.32 Å². The lowest BCUT2D eigenvalue weighted by molar-refractivity contribution is -0.121. The Labute approximate surface area is 142 Å². The second-order valence-electron chi connectivity index (χ2n) is 6.64. The van der Waals surface area contributed by atoms with Crippen LogP contribution in [0.25, 0.3) is 0 Å². The van der Waals surface area contributed by atoms with Crippen molar-refractivity contribution < 1.29 is 9.18 Å². The first-order valence-electron chi connectivity index (χ1n) is 8.65. The first-order chi connectivity index (χ1) is 11.6. The van der Waals surface area contributed by atoms with Gasteiger partial charge in [-0.05, 0) is 30.0 Å². The van der Waals surface area contributed by atoms with Gasteiger partial charge in [-0.3, -0.25) is 4.79 Å². The van der Waals surface area contributed by atoms with Gasteiger partial charge in [-0.15, -0.1) is 0 Å². The zero-order valence-electron chi connectivity index (χ0n) is 14.0. The fourth-order valence-electron chi connectivity index (χ4n) is 3.47. The van der Waals surface area contributed by atoms with Gasteiger partial charge in [0.1, 0.15) is 17.7 Å². The van der Waals surface area contributed by atoms with Gasteiger partial charge >= 0.3 is 0 Å². The van der Waals surface area contributed by atoms with Crippen LogP contribution in [0.5, 0.6) is 0 Å². The Morgan fingerprint density at radius 2 is 2.04 bits per heavy atom. The summed E-state index contributed by atoms with van der Waals surface area (Å²) in [5.74, 6) is 1.17. The lowest BCUT2D eigenvalue weighted by atomic mass is 10.0. The number of amides is 1. The maximum Gasteiger partial charge on any atom is 0.220 e. The number of hydrogen-bond acceptors (Lipinski definition) is 2. The number of carbonyl (C=O) groups is 1. The quantitative estimate of drug-likeness (QED) is 0.877. The highest BCUT2D eigenvalue weighted by molar-refractivity contribution is 5.76. The minimum atomic E-state index is -0.360. The van der Waals surface area contributed by atoms with Crippen molar-refractivity contribution in [3.05, 3.63) is 53.9 Å². The average molecular weight is 329 g/mol. The van der Waals surface area contributed by atoms with E-state index in [9.17, 15) is 9.18 Å². The molecule has 1 amide bonds. The molecule has 1 heterocycles. The average Bonchev–Trinajstić information content (AvgIpc) is 3.23. The summed E-state index contributed by atoms with van der Waals surface area (Å²) in [7, 11) is 1.89. The van der Waals surface area contributed by atoms with Crippen LogP contribution in [0.2, 0.25) is 0 Å². The smallest absolute Gasteiger partial charge is 0.220 e. The summed E-state index contributed by atoms with van der Waals surface area (Å²) in [5, 5.41) is 3.08. The predicted octanol–water partition coefficient (Wildman–Crippen LogP) is 3.74. The van der Waals surface area contributed by atoms with Gasteiger partial charge in [0.15, 0.2) is 0 Å². The van der Waals surface area contributed by atoms with Crippen molar-refractivity contribution in [1.82, 2.24) is 14.9 Å². The summed E-state index contributed by atoms with van der Waals surface area (Å²) >= 11 is 0. The molecule has 0 bridgehead atoms. The molecule has 4 nitrogen and oxygen atoms in total. The van der Waals surface area contributed by atoms with Gasteiger partial charge in [0.2, 0.25) is 5.91 Å². The van der Waals surface area contributed by atoms with Gasteiger partial charge in [-0.1, -0.05) is 37.8 Å². The molecule has 2 aromatic rings. The van der Waals surface area contributed by atoms with E-state index in [2.05, 4.69) is 10.3 Å². The van der Waals surface area contributed by atoms with Gasteiger partial charge in [-0.25, -0.2) is 9.37 Å². The highest BCUT2D eigenvalue weighted by atomic mass is 19.1. The second-order valence-corrected chi connectivity index (χ2v) is 6.64. The predicted molar refractivity (Wildman–Crippen MR) is 90.8 cm³/mol. The Bertz CT molecular complexity index is 674.